The Bertz CT molecular complexity index is 1020. The van der Waals surface area contributed by atoms with E-state index in [1.54, 1.807) is 17.0 Å². The second-order valence-corrected chi connectivity index (χ2v) is 8.76. The van der Waals surface area contributed by atoms with Crippen molar-refractivity contribution < 1.29 is 22.8 Å². The molecule has 0 bridgehead atoms. The summed E-state index contributed by atoms with van der Waals surface area (Å²) in [6.45, 7) is 5.59. The first kappa shape index (κ1) is 24.1. The number of aromatic nitrogens is 2. The van der Waals surface area contributed by atoms with Gasteiger partial charge in [0.1, 0.15) is 0 Å². The predicted octanol–water partition coefficient (Wildman–Crippen LogP) is 3.64. The Morgan fingerprint density at radius 2 is 1.71 bits per heavy atom. The maximum atomic E-state index is 13.4. The molecule has 34 heavy (non-hydrogen) atoms. The molecule has 2 aromatic rings. The Labute approximate surface area is 196 Å². The summed E-state index contributed by atoms with van der Waals surface area (Å²) in [7, 11) is 0. The highest BCUT2D eigenvalue weighted by molar-refractivity contribution is 5.88. The van der Waals surface area contributed by atoms with Crippen molar-refractivity contribution in [2.24, 2.45) is 0 Å². The Kier molecular flexibility index (Phi) is 7.11. The summed E-state index contributed by atoms with van der Waals surface area (Å²) in [5.41, 5.74) is 0.918. The van der Waals surface area contributed by atoms with Gasteiger partial charge in [-0.25, -0.2) is 4.79 Å². The topological polar surface area (TPSA) is 73.7 Å². The van der Waals surface area contributed by atoms with Crippen LogP contribution in [0.3, 0.4) is 0 Å². The number of alkyl halides is 3. The summed E-state index contributed by atoms with van der Waals surface area (Å²) in [5, 5.41) is 6.62. The smallest absolute Gasteiger partial charge is 0.371 e. The second-order valence-electron chi connectivity index (χ2n) is 8.76. The van der Waals surface area contributed by atoms with Crippen LogP contribution in [-0.4, -0.2) is 70.8 Å². The van der Waals surface area contributed by atoms with Crippen molar-refractivity contribution in [1.29, 1.82) is 0 Å². The number of anilines is 2. The first-order valence-corrected chi connectivity index (χ1v) is 11.5. The molecule has 0 saturated carbocycles. The fourth-order valence-electron chi connectivity index (χ4n) is 4.46. The van der Waals surface area contributed by atoms with E-state index in [1.807, 2.05) is 0 Å². The predicted molar refractivity (Wildman–Crippen MR) is 122 cm³/mol. The van der Waals surface area contributed by atoms with Crippen LogP contribution in [0.2, 0.25) is 0 Å². The van der Waals surface area contributed by atoms with E-state index < -0.39 is 11.7 Å². The Morgan fingerprint density at radius 1 is 1.00 bits per heavy atom. The van der Waals surface area contributed by atoms with Gasteiger partial charge in [0, 0.05) is 70.7 Å². The quantitative estimate of drug-likeness (QED) is 0.727. The van der Waals surface area contributed by atoms with Crippen molar-refractivity contribution in [2.45, 2.75) is 38.9 Å². The van der Waals surface area contributed by atoms with E-state index in [1.165, 1.54) is 23.9 Å². The molecule has 0 aliphatic carbocycles. The first-order valence-electron chi connectivity index (χ1n) is 11.5. The van der Waals surface area contributed by atoms with E-state index in [0.717, 1.165) is 44.0 Å². The van der Waals surface area contributed by atoms with Crippen LogP contribution in [0.1, 0.15) is 37.3 Å². The number of nitrogens with one attached hydrogen (secondary N) is 1. The number of carbonyl (C=O) groups is 2. The molecule has 4 rings (SSSR count). The molecule has 2 fully saturated rings. The molecular formula is C23H29F3N6O2. The molecule has 2 saturated heterocycles. The van der Waals surface area contributed by atoms with Crippen LogP contribution >= 0.6 is 0 Å². The zero-order chi connectivity index (χ0) is 24.3. The van der Waals surface area contributed by atoms with Crippen molar-refractivity contribution in [3.8, 4) is 0 Å². The number of piperidine rings is 1. The average molecular weight is 479 g/mol. The first-order chi connectivity index (χ1) is 16.2. The van der Waals surface area contributed by atoms with Gasteiger partial charge in [-0.3, -0.25) is 9.69 Å². The maximum absolute atomic E-state index is 13.4. The van der Waals surface area contributed by atoms with Gasteiger partial charge in [-0.15, -0.1) is 5.10 Å². The third-order valence-corrected chi connectivity index (χ3v) is 6.24. The van der Waals surface area contributed by atoms with E-state index in [4.69, 9.17) is 0 Å². The molecule has 2 aliphatic rings. The number of carbonyl (C=O) groups excluding carboxylic acids is 2. The number of nitrogens with zero attached hydrogens (tertiary/aromatic N) is 5. The Morgan fingerprint density at radius 3 is 2.35 bits per heavy atom. The molecule has 1 aromatic carbocycles. The lowest BCUT2D eigenvalue weighted by Crippen LogP contribution is -2.49. The molecule has 11 heteroatoms. The largest absolute Gasteiger partial charge is 0.416 e. The minimum Gasteiger partial charge on any atom is -0.371 e. The summed E-state index contributed by atoms with van der Waals surface area (Å²) < 4.78 is 41.3. The van der Waals surface area contributed by atoms with Crippen LogP contribution in [0.25, 0.3) is 0 Å². The third-order valence-electron chi connectivity index (χ3n) is 6.24. The van der Waals surface area contributed by atoms with Gasteiger partial charge in [0.05, 0.1) is 5.56 Å². The molecule has 2 amide bonds. The lowest BCUT2D eigenvalue weighted by Gasteiger charge is -2.36. The Balaban J connectivity index is 1.41. The zero-order valence-electron chi connectivity index (χ0n) is 19.1. The van der Waals surface area contributed by atoms with Crippen LogP contribution in [0.5, 0.6) is 0 Å². The highest BCUT2D eigenvalue weighted by atomic mass is 19.4. The molecule has 3 heterocycles. The molecule has 1 aromatic heterocycles. The van der Waals surface area contributed by atoms with Gasteiger partial charge in [0.25, 0.3) is 0 Å². The summed E-state index contributed by atoms with van der Waals surface area (Å²) in [6.07, 6.45) is 0.193. The standard InChI is InChI=1S/C23H29F3N6O2/c1-17(33)27-21-7-10-32(28-21)22(34)31-13-11-29(12-14-31)16-18-5-6-19(23(24,25)26)15-20(18)30-8-3-2-4-9-30/h5-7,10,15H,2-4,8-9,11-14,16H2,1H3,(H,27,28,33). The number of hydrogen-bond acceptors (Lipinski definition) is 5. The van der Waals surface area contributed by atoms with E-state index in [2.05, 4.69) is 20.2 Å². The van der Waals surface area contributed by atoms with Crippen molar-refractivity contribution >= 4 is 23.4 Å². The lowest BCUT2D eigenvalue weighted by atomic mass is 10.0. The average Bonchev–Trinajstić information content (AvgIpc) is 3.27. The number of amides is 2. The monoisotopic (exact) mass is 478 g/mol. The Hall–Kier alpha value is -3.08. The van der Waals surface area contributed by atoms with Crippen molar-refractivity contribution in [2.75, 3.05) is 49.5 Å². The molecule has 0 spiro atoms. The minimum absolute atomic E-state index is 0.265. The molecule has 8 nitrogen and oxygen atoms in total. The van der Waals surface area contributed by atoms with Gasteiger partial charge < -0.3 is 15.1 Å². The second kappa shape index (κ2) is 10.0. The van der Waals surface area contributed by atoms with Gasteiger partial charge in [0.15, 0.2) is 5.82 Å². The summed E-state index contributed by atoms with van der Waals surface area (Å²) in [5.74, 6) is 0.0468. The fourth-order valence-corrected chi connectivity index (χ4v) is 4.46. The summed E-state index contributed by atoms with van der Waals surface area (Å²) in [4.78, 5) is 29.8. The van der Waals surface area contributed by atoms with Gasteiger partial charge in [-0.2, -0.15) is 17.9 Å². The fraction of sp³-hybridized carbons (Fsp3) is 0.522. The summed E-state index contributed by atoms with van der Waals surface area (Å²) >= 11 is 0. The van der Waals surface area contributed by atoms with Crippen LogP contribution in [0.4, 0.5) is 29.5 Å². The highest BCUT2D eigenvalue weighted by Crippen LogP contribution is 2.35. The number of rotatable bonds is 4. The van der Waals surface area contributed by atoms with Gasteiger partial charge >= 0.3 is 12.2 Å². The molecule has 0 unspecified atom stereocenters. The van der Waals surface area contributed by atoms with Crippen molar-refractivity contribution in [3.05, 3.63) is 41.6 Å². The molecule has 0 radical (unpaired) electrons. The van der Waals surface area contributed by atoms with Crippen molar-refractivity contribution in [1.82, 2.24) is 19.6 Å². The van der Waals surface area contributed by atoms with Gasteiger partial charge in [-0.05, 0) is 37.0 Å². The van der Waals surface area contributed by atoms with Crippen LogP contribution in [0.15, 0.2) is 30.5 Å². The summed E-state index contributed by atoms with van der Waals surface area (Å²) in [6, 6.07) is 5.32. The maximum Gasteiger partial charge on any atom is 0.416 e. The molecular weight excluding hydrogens is 449 g/mol. The molecule has 1 N–H and O–H groups in total. The van der Waals surface area contributed by atoms with Crippen LogP contribution in [-0.2, 0) is 17.5 Å². The minimum atomic E-state index is -4.37. The van der Waals surface area contributed by atoms with E-state index in [0.29, 0.717) is 44.2 Å². The lowest BCUT2D eigenvalue weighted by molar-refractivity contribution is -0.137. The third kappa shape index (κ3) is 5.69. The van der Waals surface area contributed by atoms with Gasteiger partial charge in [-0.1, -0.05) is 6.07 Å². The zero-order valence-corrected chi connectivity index (χ0v) is 19.1. The molecule has 2 aliphatic heterocycles. The number of halogens is 3. The van der Waals surface area contributed by atoms with Crippen LogP contribution < -0.4 is 10.2 Å². The molecule has 184 valence electrons. The highest BCUT2D eigenvalue weighted by Gasteiger charge is 2.32. The van der Waals surface area contributed by atoms with E-state index in [9.17, 15) is 22.8 Å². The SMILES string of the molecule is CC(=O)Nc1ccn(C(=O)N2CCN(Cc3ccc(C(F)(F)F)cc3N3CCCCC3)CC2)n1. The van der Waals surface area contributed by atoms with Gasteiger partial charge in [0.2, 0.25) is 5.91 Å². The molecule has 0 atom stereocenters. The normalized spacial score (nSPS) is 17.6. The number of hydrogen-bond donors (Lipinski definition) is 1. The number of piperazine rings is 1. The van der Waals surface area contributed by atoms with Crippen LogP contribution in [0, 0.1) is 0 Å². The van der Waals surface area contributed by atoms with Crippen molar-refractivity contribution in [3.63, 3.8) is 0 Å². The number of benzene rings is 1. The van der Waals surface area contributed by atoms with E-state index in [-0.39, 0.29) is 11.9 Å². The van der Waals surface area contributed by atoms with E-state index >= 15 is 0 Å².